The zero-order valence-corrected chi connectivity index (χ0v) is 12.5. The molecule has 120 valence electrons. The molecule has 1 aliphatic carbocycles. The number of ether oxygens (including phenoxy) is 1. The Morgan fingerprint density at radius 1 is 1.10 bits per heavy atom. The predicted octanol–water partition coefficient (Wildman–Crippen LogP) is 0.762. The Labute approximate surface area is 125 Å². The smallest absolute Gasteiger partial charge is 0.306 e. The van der Waals surface area contributed by atoms with Crippen LogP contribution in [0.2, 0.25) is 0 Å². The highest BCUT2D eigenvalue weighted by atomic mass is 16.5. The molecule has 2 fully saturated rings. The molecule has 1 saturated carbocycles. The summed E-state index contributed by atoms with van der Waals surface area (Å²) in [6.07, 6.45) is 6.00. The third-order valence-corrected chi connectivity index (χ3v) is 4.47. The van der Waals surface area contributed by atoms with Crippen LogP contribution in [0.1, 0.15) is 38.5 Å². The first kappa shape index (κ1) is 16.2. The molecular weight excluding hydrogens is 272 g/mol. The lowest BCUT2D eigenvalue weighted by atomic mass is 9.79. The molecule has 0 aromatic rings. The molecule has 3 N–H and O–H groups in total. The quantitative estimate of drug-likeness (QED) is 0.646. The first-order chi connectivity index (χ1) is 10.2. The summed E-state index contributed by atoms with van der Waals surface area (Å²) in [5, 5.41) is 15.2. The zero-order valence-electron chi connectivity index (χ0n) is 12.5. The summed E-state index contributed by atoms with van der Waals surface area (Å²) in [4.78, 5) is 22.9. The van der Waals surface area contributed by atoms with E-state index in [1.807, 2.05) is 0 Å². The molecule has 21 heavy (non-hydrogen) atoms. The van der Waals surface area contributed by atoms with Crippen LogP contribution in [-0.4, -0.2) is 49.3 Å². The number of carboxylic acid groups (broad SMARTS) is 1. The lowest BCUT2D eigenvalue weighted by Crippen LogP contribution is -2.41. The molecule has 2 rings (SSSR count). The Morgan fingerprint density at radius 2 is 1.90 bits per heavy atom. The fraction of sp³-hybridized carbons (Fsp3) is 0.867. The number of carbonyl (C=O) groups is 2. The van der Waals surface area contributed by atoms with Crippen molar-refractivity contribution in [2.45, 2.75) is 44.6 Å². The van der Waals surface area contributed by atoms with Crippen LogP contribution in [0, 0.1) is 11.8 Å². The fourth-order valence-corrected chi connectivity index (χ4v) is 3.24. The van der Waals surface area contributed by atoms with Gasteiger partial charge in [-0.25, -0.2) is 0 Å². The van der Waals surface area contributed by atoms with Crippen molar-refractivity contribution >= 4 is 11.9 Å². The molecule has 1 saturated heterocycles. The topological polar surface area (TPSA) is 87.7 Å². The SMILES string of the molecule is O=C(CNCC1CCCCC1C(=O)O)NCC1CCCO1. The van der Waals surface area contributed by atoms with E-state index in [2.05, 4.69) is 10.6 Å². The van der Waals surface area contributed by atoms with E-state index < -0.39 is 5.97 Å². The highest BCUT2D eigenvalue weighted by molar-refractivity contribution is 5.78. The van der Waals surface area contributed by atoms with Crippen LogP contribution in [0.15, 0.2) is 0 Å². The van der Waals surface area contributed by atoms with Gasteiger partial charge in [-0.15, -0.1) is 0 Å². The normalized spacial score (nSPS) is 29.2. The first-order valence-corrected chi connectivity index (χ1v) is 7.98. The van der Waals surface area contributed by atoms with E-state index in [1.54, 1.807) is 0 Å². The summed E-state index contributed by atoms with van der Waals surface area (Å²) < 4.78 is 5.44. The predicted molar refractivity (Wildman–Crippen MR) is 77.9 cm³/mol. The second-order valence-corrected chi connectivity index (χ2v) is 6.06. The van der Waals surface area contributed by atoms with Gasteiger partial charge in [-0.3, -0.25) is 9.59 Å². The Bertz CT molecular complexity index is 356. The van der Waals surface area contributed by atoms with Crippen LogP contribution in [-0.2, 0) is 14.3 Å². The number of carboxylic acids is 1. The van der Waals surface area contributed by atoms with Crippen molar-refractivity contribution in [2.24, 2.45) is 11.8 Å². The van der Waals surface area contributed by atoms with Crippen LogP contribution in [0.3, 0.4) is 0 Å². The van der Waals surface area contributed by atoms with E-state index in [-0.39, 0.29) is 30.4 Å². The van der Waals surface area contributed by atoms with Gasteiger partial charge in [-0.1, -0.05) is 12.8 Å². The lowest BCUT2D eigenvalue weighted by molar-refractivity contribution is -0.144. The number of aliphatic carboxylic acids is 1. The Hall–Kier alpha value is -1.14. The van der Waals surface area contributed by atoms with Crippen LogP contribution >= 0.6 is 0 Å². The van der Waals surface area contributed by atoms with Gasteiger partial charge in [0, 0.05) is 13.2 Å². The molecule has 0 aromatic carbocycles. The number of hydrogen-bond donors (Lipinski definition) is 3. The molecule has 0 radical (unpaired) electrons. The maximum atomic E-state index is 11.7. The Kier molecular flexibility index (Phi) is 6.45. The molecule has 3 atom stereocenters. The number of amides is 1. The van der Waals surface area contributed by atoms with Crippen molar-refractivity contribution in [1.29, 1.82) is 0 Å². The Balaban J connectivity index is 1.61. The van der Waals surface area contributed by atoms with Gasteiger partial charge < -0.3 is 20.5 Å². The van der Waals surface area contributed by atoms with Gasteiger partial charge in [0.05, 0.1) is 18.6 Å². The molecule has 3 unspecified atom stereocenters. The second-order valence-electron chi connectivity index (χ2n) is 6.06. The maximum Gasteiger partial charge on any atom is 0.306 e. The van der Waals surface area contributed by atoms with E-state index in [0.29, 0.717) is 13.1 Å². The number of hydrogen-bond acceptors (Lipinski definition) is 4. The largest absolute Gasteiger partial charge is 0.481 e. The molecule has 1 amide bonds. The third kappa shape index (κ3) is 5.28. The average Bonchev–Trinajstić information content (AvgIpc) is 2.99. The van der Waals surface area contributed by atoms with Gasteiger partial charge in [0.2, 0.25) is 5.91 Å². The second kappa shape index (κ2) is 8.34. The van der Waals surface area contributed by atoms with Crippen molar-refractivity contribution < 1.29 is 19.4 Å². The van der Waals surface area contributed by atoms with Gasteiger partial charge in [-0.2, -0.15) is 0 Å². The first-order valence-electron chi connectivity index (χ1n) is 7.98. The third-order valence-electron chi connectivity index (χ3n) is 4.47. The summed E-state index contributed by atoms with van der Waals surface area (Å²) in [5.41, 5.74) is 0. The fourth-order valence-electron chi connectivity index (χ4n) is 3.24. The molecule has 0 aromatic heterocycles. The minimum atomic E-state index is -0.704. The summed E-state index contributed by atoms with van der Waals surface area (Å²) in [6.45, 7) is 2.21. The van der Waals surface area contributed by atoms with Crippen LogP contribution in [0.5, 0.6) is 0 Å². The molecule has 0 bridgehead atoms. The van der Waals surface area contributed by atoms with Gasteiger partial charge in [0.1, 0.15) is 0 Å². The average molecular weight is 298 g/mol. The van der Waals surface area contributed by atoms with Crippen LogP contribution in [0.25, 0.3) is 0 Å². The van der Waals surface area contributed by atoms with Crippen molar-refractivity contribution in [3.8, 4) is 0 Å². The Morgan fingerprint density at radius 3 is 2.62 bits per heavy atom. The molecule has 1 aliphatic heterocycles. The van der Waals surface area contributed by atoms with Gasteiger partial charge in [0.15, 0.2) is 0 Å². The molecule has 1 heterocycles. The van der Waals surface area contributed by atoms with Gasteiger partial charge in [0.25, 0.3) is 0 Å². The van der Waals surface area contributed by atoms with E-state index in [1.165, 1.54) is 0 Å². The maximum absolute atomic E-state index is 11.7. The number of nitrogens with one attached hydrogen (secondary N) is 2. The highest BCUT2D eigenvalue weighted by Gasteiger charge is 2.30. The van der Waals surface area contributed by atoms with Crippen molar-refractivity contribution in [3.05, 3.63) is 0 Å². The molecular formula is C15H26N2O4. The lowest BCUT2D eigenvalue weighted by Gasteiger charge is -2.28. The van der Waals surface area contributed by atoms with E-state index in [4.69, 9.17) is 4.74 Å². The number of carbonyl (C=O) groups excluding carboxylic acids is 1. The van der Waals surface area contributed by atoms with E-state index >= 15 is 0 Å². The monoisotopic (exact) mass is 298 g/mol. The zero-order chi connectivity index (χ0) is 15.1. The molecule has 2 aliphatic rings. The van der Waals surface area contributed by atoms with Crippen molar-refractivity contribution in [3.63, 3.8) is 0 Å². The summed E-state index contributed by atoms with van der Waals surface area (Å²) >= 11 is 0. The van der Waals surface area contributed by atoms with Crippen LogP contribution in [0.4, 0.5) is 0 Å². The molecule has 6 nitrogen and oxygen atoms in total. The highest BCUT2D eigenvalue weighted by Crippen LogP contribution is 2.29. The standard InChI is InChI=1S/C15H26N2O4/c18-14(17-9-12-5-3-7-21-12)10-16-8-11-4-1-2-6-13(11)15(19)20/h11-13,16H,1-10H2,(H,17,18)(H,19,20). The van der Waals surface area contributed by atoms with Gasteiger partial charge in [-0.05, 0) is 38.1 Å². The summed E-state index contributed by atoms with van der Waals surface area (Å²) in [7, 11) is 0. The van der Waals surface area contributed by atoms with Crippen molar-refractivity contribution in [2.75, 3.05) is 26.2 Å². The van der Waals surface area contributed by atoms with E-state index in [0.717, 1.165) is 45.1 Å². The minimum absolute atomic E-state index is 0.0480. The molecule has 0 spiro atoms. The van der Waals surface area contributed by atoms with Gasteiger partial charge >= 0.3 is 5.97 Å². The van der Waals surface area contributed by atoms with Crippen molar-refractivity contribution in [1.82, 2.24) is 10.6 Å². The summed E-state index contributed by atoms with van der Waals surface area (Å²) in [6, 6.07) is 0. The summed E-state index contributed by atoms with van der Waals surface area (Å²) in [5.74, 6) is -0.874. The minimum Gasteiger partial charge on any atom is -0.481 e. The van der Waals surface area contributed by atoms with Crippen LogP contribution < -0.4 is 10.6 Å². The molecule has 6 heteroatoms. The van der Waals surface area contributed by atoms with E-state index in [9.17, 15) is 14.7 Å². The number of rotatable bonds is 7.